The number of carbonyl (C=O) groups excluding carboxylic acids is 1. The maximum absolute atomic E-state index is 11.8. The molecule has 0 saturated carbocycles. The molecule has 0 fully saturated rings. The predicted molar refractivity (Wildman–Crippen MR) is 112 cm³/mol. The monoisotopic (exact) mass is 401 g/mol. The lowest BCUT2D eigenvalue weighted by atomic mass is 10.0. The highest BCUT2D eigenvalue weighted by Gasteiger charge is 2.23. The van der Waals surface area contributed by atoms with Crippen LogP contribution in [0.15, 0.2) is 54.6 Å². The molecule has 0 aromatic heterocycles. The van der Waals surface area contributed by atoms with Gasteiger partial charge in [-0.1, -0.05) is 42.5 Å². The molecular formula is C23H31NO5. The number of aliphatic hydroxyl groups excluding tert-OH is 2. The lowest BCUT2D eigenvalue weighted by Gasteiger charge is -2.25. The second kappa shape index (κ2) is 10.8. The van der Waals surface area contributed by atoms with Gasteiger partial charge in [0.05, 0.1) is 18.8 Å². The average Bonchev–Trinajstić information content (AvgIpc) is 2.69. The molecule has 0 aliphatic heterocycles. The molecule has 0 radical (unpaired) electrons. The van der Waals surface area contributed by atoms with Crippen molar-refractivity contribution in [3.8, 4) is 5.75 Å². The second-order valence-electron chi connectivity index (χ2n) is 7.96. The van der Waals surface area contributed by atoms with E-state index in [9.17, 15) is 15.0 Å². The maximum atomic E-state index is 11.8. The highest BCUT2D eigenvalue weighted by Crippen LogP contribution is 2.16. The molecule has 29 heavy (non-hydrogen) atoms. The zero-order chi connectivity index (χ0) is 21.3. The van der Waals surface area contributed by atoms with Crippen molar-refractivity contribution in [1.82, 2.24) is 5.32 Å². The van der Waals surface area contributed by atoms with Gasteiger partial charge in [0, 0.05) is 0 Å². The minimum absolute atomic E-state index is 0.368. The van der Waals surface area contributed by atoms with Crippen LogP contribution < -0.4 is 10.1 Å². The van der Waals surface area contributed by atoms with E-state index < -0.39 is 23.8 Å². The summed E-state index contributed by atoms with van der Waals surface area (Å²) in [5, 5.41) is 22.3. The third kappa shape index (κ3) is 8.54. The standard InChI is InChI=1S/C23H31NO5/c1-23(2,3)29-22(27)24-20(15-25)21(26)14-11-17-9-12-19(13-10-17)28-16-18-7-5-4-6-8-18/h4-10,12-13,20-21,25-26H,11,14-16H2,1-3H3,(H,24,27). The van der Waals surface area contributed by atoms with E-state index in [4.69, 9.17) is 9.47 Å². The molecule has 2 rings (SSSR count). The lowest BCUT2D eigenvalue weighted by molar-refractivity contribution is 0.0338. The van der Waals surface area contributed by atoms with Gasteiger partial charge in [-0.3, -0.25) is 0 Å². The Morgan fingerprint density at radius 2 is 1.69 bits per heavy atom. The number of amides is 1. The molecule has 0 saturated heterocycles. The van der Waals surface area contributed by atoms with Crippen LogP contribution in [0, 0.1) is 0 Å². The van der Waals surface area contributed by atoms with Crippen molar-refractivity contribution in [2.75, 3.05) is 6.61 Å². The Morgan fingerprint density at radius 3 is 2.28 bits per heavy atom. The summed E-state index contributed by atoms with van der Waals surface area (Å²) in [5.41, 5.74) is 1.50. The third-order valence-corrected chi connectivity index (χ3v) is 4.26. The van der Waals surface area contributed by atoms with Crippen molar-refractivity contribution in [3.63, 3.8) is 0 Å². The van der Waals surface area contributed by atoms with Gasteiger partial charge in [0.25, 0.3) is 0 Å². The van der Waals surface area contributed by atoms with Gasteiger partial charge < -0.3 is 25.0 Å². The minimum atomic E-state index is -0.887. The Morgan fingerprint density at radius 1 is 1.03 bits per heavy atom. The van der Waals surface area contributed by atoms with Crippen LogP contribution in [0.4, 0.5) is 4.79 Å². The van der Waals surface area contributed by atoms with Gasteiger partial charge in [-0.05, 0) is 56.9 Å². The number of alkyl carbamates (subject to hydrolysis) is 1. The number of hydrogen-bond acceptors (Lipinski definition) is 5. The molecule has 0 bridgehead atoms. The molecule has 6 heteroatoms. The van der Waals surface area contributed by atoms with Crippen LogP contribution in [0.5, 0.6) is 5.75 Å². The summed E-state index contributed by atoms with van der Waals surface area (Å²) in [5.74, 6) is 0.776. The number of carbonyl (C=O) groups is 1. The van der Waals surface area contributed by atoms with Gasteiger partial charge in [-0.25, -0.2) is 4.79 Å². The molecule has 0 aliphatic carbocycles. The van der Waals surface area contributed by atoms with Crippen LogP contribution >= 0.6 is 0 Å². The van der Waals surface area contributed by atoms with Crippen LogP contribution in [0.25, 0.3) is 0 Å². The largest absolute Gasteiger partial charge is 0.489 e. The predicted octanol–water partition coefficient (Wildman–Crippen LogP) is 3.44. The highest BCUT2D eigenvalue weighted by atomic mass is 16.6. The molecular weight excluding hydrogens is 370 g/mol. The fourth-order valence-electron chi connectivity index (χ4n) is 2.73. The van der Waals surface area contributed by atoms with Crippen LogP contribution in [0.3, 0.4) is 0 Å². The van der Waals surface area contributed by atoms with Crippen molar-refractivity contribution in [3.05, 3.63) is 65.7 Å². The number of ether oxygens (including phenoxy) is 2. The number of aliphatic hydroxyl groups is 2. The summed E-state index contributed by atoms with van der Waals surface area (Å²) in [6, 6.07) is 16.9. The second-order valence-corrected chi connectivity index (χ2v) is 7.96. The summed E-state index contributed by atoms with van der Waals surface area (Å²) in [4.78, 5) is 11.8. The van der Waals surface area contributed by atoms with Crippen molar-refractivity contribution < 1.29 is 24.5 Å². The molecule has 2 aromatic rings. The van der Waals surface area contributed by atoms with Gasteiger partial charge in [-0.15, -0.1) is 0 Å². The Bertz CT molecular complexity index is 740. The van der Waals surface area contributed by atoms with E-state index in [1.807, 2.05) is 54.6 Å². The van der Waals surface area contributed by atoms with Gasteiger partial charge >= 0.3 is 6.09 Å². The van der Waals surface area contributed by atoms with Crippen LogP contribution in [-0.2, 0) is 17.8 Å². The van der Waals surface area contributed by atoms with Crippen molar-refractivity contribution >= 4 is 6.09 Å². The molecule has 1 amide bonds. The quantitative estimate of drug-likeness (QED) is 0.599. The van der Waals surface area contributed by atoms with Gasteiger partial charge in [0.15, 0.2) is 0 Å². The Balaban J connectivity index is 1.79. The topological polar surface area (TPSA) is 88.0 Å². The average molecular weight is 402 g/mol. The lowest BCUT2D eigenvalue weighted by Crippen LogP contribution is -2.47. The van der Waals surface area contributed by atoms with Crippen LogP contribution in [-0.4, -0.2) is 40.7 Å². The van der Waals surface area contributed by atoms with E-state index in [0.717, 1.165) is 16.9 Å². The normalized spacial score (nSPS) is 13.4. The first-order chi connectivity index (χ1) is 13.8. The molecule has 2 unspecified atom stereocenters. The first kappa shape index (κ1) is 22.7. The van der Waals surface area contributed by atoms with Gasteiger partial charge in [0.1, 0.15) is 18.0 Å². The highest BCUT2D eigenvalue weighted by molar-refractivity contribution is 5.68. The van der Waals surface area contributed by atoms with Crippen molar-refractivity contribution in [2.45, 2.75) is 58.0 Å². The number of benzene rings is 2. The first-order valence-electron chi connectivity index (χ1n) is 9.81. The van der Waals surface area contributed by atoms with E-state index in [0.29, 0.717) is 19.4 Å². The smallest absolute Gasteiger partial charge is 0.408 e. The maximum Gasteiger partial charge on any atom is 0.408 e. The molecule has 0 aliphatic rings. The zero-order valence-corrected chi connectivity index (χ0v) is 17.3. The molecule has 2 aromatic carbocycles. The molecule has 0 spiro atoms. The number of hydrogen-bond donors (Lipinski definition) is 3. The van der Waals surface area contributed by atoms with Crippen LogP contribution in [0.2, 0.25) is 0 Å². The number of aryl methyl sites for hydroxylation is 1. The van der Waals surface area contributed by atoms with Gasteiger partial charge in [-0.2, -0.15) is 0 Å². The van der Waals surface area contributed by atoms with E-state index in [2.05, 4.69) is 5.32 Å². The van der Waals surface area contributed by atoms with Crippen molar-refractivity contribution in [1.29, 1.82) is 0 Å². The Hall–Kier alpha value is -2.57. The summed E-state index contributed by atoms with van der Waals surface area (Å²) in [6.45, 7) is 5.40. The van der Waals surface area contributed by atoms with Crippen LogP contribution in [0.1, 0.15) is 38.3 Å². The minimum Gasteiger partial charge on any atom is -0.489 e. The van der Waals surface area contributed by atoms with Gasteiger partial charge in [0.2, 0.25) is 0 Å². The summed E-state index contributed by atoms with van der Waals surface area (Å²) in [7, 11) is 0. The first-order valence-corrected chi connectivity index (χ1v) is 9.81. The fraction of sp³-hybridized carbons (Fsp3) is 0.435. The summed E-state index contributed by atoms with van der Waals surface area (Å²) in [6.07, 6.45) is -0.547. The Labute approximate surface area is 172 Å². The van der Waals surface area contributed by atoms with E-state index in [-0.39, 0.29) is 6.61 Å². The Kier molecular flexibility index (Phi) is 8.49. The summed E-state index contributed by atoms with van der Waals surface area (Å²) < 4.78 is 10.9. The number of nitrogens with one attached hydrogen (secondary N) is 1. The molecule has 2 atom stereocenters. The molecule has 3 N–H and O–H groups in total. The fourth-order valence-corrected chi connectivity index (χ4v) is 2.73. The van der Waals surface area contributed by atoms with Crippen molar-refractivity contribution in [2.24, 2.45) is 0 Å². The molecule has 6 nitrogen and oxygen atoms in total. The number of rotatable bonds is 9. The SMILES string of the molecule is CC(C)(C)OC(=O)NC(CO)C(O)CCc1ccc(OCc2ccccc2)cc1. The molecule has 158 valence electrons. The van der Waals surface area contributed by atoms with E-state index in [1.54, 1.807) is 20.8 Å². The molecule has 0 heterocycles. The third-order valence-electron chi connectivity index (χ3n) is 4.26. The summed E-state index contributed by atoms with van der Waals surface area (Å²) >= 11 is 0. The zero-order valence-electron chi connectivity index (χ0n) is 17.3. The van der Waals surface area contributed by atoms with E-state index >= 15 is 0 Å². The van der Waals surface area contributed by atoms with E-state index in [1.165, 1.54) is 0 Å².